The fraction of sp³-hybridized carbons (Fsp3) is 0.0833. The number of carbonyl (C=O) groups is 1. The molecule has 0 saturated carbocycles. The minimum absolute atomic E-state index is 0.197. The van der Waals surface area contributed by atoms with Gasteiger partial charge in [0.25, 0.3) is 5.91 Å². The van der Waals surface area contributed by atoms with Crippen molar-refractivity contribution in [3.8, 4) is 0 Å². The maximum absolute atomic E-state index is 11.8. The van der Waals surface area contributed by atoms with Crippen molar-refractivity contribution in [2.75, 3.05) is 11.1 Å². The zero-order valence-corrected chi connectivity index (χ0v) is 8.86. The zero-order chi connectivity index (χ0) is 11.5. The molecule has 1 amide bonds. The summed E-state index contributed by atoms with van der Waals surface area (Å²) in [6.07, 6.45) is 1.49. The van der Waals surface area contributed by atoms with Crippen molar-refractivity contribution < 1.29 is 9.21 Å². The van der Waals surface area contributed by atoms with Crippen LogP contribution in [0.25, 0.3) is 0 Å². The number of nitrogen functional groups attached to an aromatic ring is 1. The molecule has 0 bridgehead atoms. The molecule has 0 fully saturated rings. The third-order valence-electron chi connectivity index (χ3n) is 2.25. The molecule has 0 unspecified atom stereocenters. The maximum Gasteiger partial charge on any atom is 0.259 e. The smallest absolute Gasteiger partial charge is 0.259 e. The summed E-state index contributed by atoms with van der Waals surface area (Å²) in [5.41, 5.74) is 7.43. The van der Waals surface area contributed by atoms with E-state index in [0.29, 0.717) is 22.7 Å². The molecule has 16 heavy (non-hydrogen) atoms. The summed E-state index contributed by atoms with van der Waals surface area (Å²) >= 11 is 0. The van der Waals surface area contributed by atoms with Crippen molar-refractivity contribution in [3.63, 3.8) is 0 Å². The molecule has 1 aromatic heterocycles. The van der Waals surface area contributed by atoms with Crippen LogP contribution in [0.5, 0.6) is 0 Å². The molecule has 82 valence electrons. The average molecular weight is 216 g/mol. The van der Waals surface area contributed by atoms with Gasteiger partial charge >= 0.3 is 0 Å². The van der Waals surface area contributed by atoms with Gasteiger partial charge in [-0.1, -0.05) is 6.07 Å². The quantitative estimate of drug-likeness (QED) is 0.757. The number of carbonyl (C=O) groups excluding carboxylic acids is 1. The van der Waals surface area contributed by atoms with Gasteiger partial charge in [-0.25, -0.2) is 0 Å². The summed E-state index contributed by atoms with van der Waals surface area (Å²) in [5, 5.41) is 2.75. The summed E-state index contributed by atoms with van der Waals surface area (Å²) in [6, 6.07) is 8.67. The van der Waals surface area contributed by atoms with Gasteiger partial charge < -0.3 is 15.5 Å². The number of rotatable bonds is 2. The number of hydrogen-bond acceptors (Lipinski definition) is 3. The summed E-state index contributed by atoms with van der Waals surface area (Å²) < 4.78 is 5.06. The van der Waals surface area contributed by atoms with E-state index in [-0.39, 0.29) is 5.91 Å². The van der Waals surface area contributed by atoms with Gasteiger partial charge in [0.1, 0.15) is 5.76 Å². The molecule has 4 heteroatoms. The topological polar surface area (TPSA) is 68.3 Å². The molecule has 4 nitrogen and oxygen atoms in total. The molecular weight excluding hydrogens is 204 g/mol. The first-order valence-electron chi connectivity index (χ1n) is 4.88. The third-order valence-corrected chi connectivity index (χ3v) is 2.25. The van der Waals surface area contributed by atoms with E-state index in [1.807, 2.05) is 0 Å². The molecule has 2 rings (SSSR count). The van der Waals surface area contributed by atoms with Gasteiger partial charge in [0.05, 0.1) is 11.8 Å². The van der Waals surface area contributed by atoms with E-state index in [0.717, 1.165) is 0 Å². The Morgan fingerprint density at radius 2 is 2.19 bits per heavy atom. The predicted octanol–water partition coefficient (Wildman–Crippen LogP) is 2.42. The first-order chi connectivity index (χ1) is 7.66. The Kier molecular flexibility index (Phi) is 2.64. The number of amides is 1. The van der Waals surface area contributed by atoms with Crippen LogP contribution >= 0.6 is 0 Å². The van der Waals surface area contributed by atoms with E-state index in [1.165, 1.54) is 6.26 Å². The Hall–Kier alpha value is -2.23. The molecule has 0 spiro atoms. The predicted molar refractivity (Wildman–Crippen MR) is 62.3 cm³/mol. The summed E-state index contributed by atoms with van der Waals surface area (Å²) in [5.74, 6) is 0.401. The first kappa shape index (κ1) is 10.3. The molecule has 0 saturated heterocycles. The Morgan fingerprint density at radius 3 is 2.81 bits per heavy atom. The van der Waals surface area contributed by atoms with E-state index in [4.69, 9.17) is 10.2 Å². The van der Waals surface area contributed by atoms with E-state index in [2.05, 4.69) is 5.32 Å². The summed E-state index contributed by atoms with van der Waals surface area (Å²) in [4.78, 5) is 11.8. The standard InChI is InChI=1S/C12H12N2O2/c1-8-11(5-6-16-8)12(15)14-10-4-2-3-9(13)7-10/h2-7H,13H2,1H3,(H,14,15). The van der Waals surface area contributed by atoms with Crippen molar-refractivity contribution in [1.82, 2.24) is 0 Å². The van der Waals surface area contributed by atoms with Crippen molar-refractivity contribution >= 4 is 17.3 Å². The number of anilines is 2. The Bertz CT molecular complexity index is 517. The Labute approximate surface area is 93.1 Å². The fourth-order valence-electron chi connectivity index (χ4n) is 1.44. The molecule has 0 atom stereocenters. The third kappa shape index (κ3) is 2.06. The largest absolute Gasteiger partial charge is 0.469 e. The van der Waals surface area contributed by atoms with E-state index in [1.54, 1.807) is 37.3 Å². The lowest BCUT2D eigenvalue weighted by molar-refractivity contribution is 0.102. The molecule has 0 aliphatic rings. The number of furan rings is 1. The minimum atomic E-state index is -0.197. The van der Waals surface area contributed by atoms with E-state index < -0.39 is 0 Å². The average Bonchev–Trinajstić information content (AvgIpc) is 2.64. The molecule has 1 aromatic carbocycles. The number of nitrogens with one attached hydrogen (secondary N) is 1. The van der Waals surface area contributed by atoms with Gasteiger partial charge in [0.15, 0.2) is 0 Å². The van der Waals surface area contributed by atoms with Gasteiger partial charge in [-0.05, 0) is 31.2 Å². The number of nitrogens with two attached hydrogens (primary N) is 1. The van der Waals surface area contributed by atoms with E-state index >= 15 is 0 Å². The second-order valence-corrected chi connectivity index (χ2v) is 3.47. The van der Waals surface area contributed by atoms with Crippen LogP contribution in [0, 0.1) is 6.92 Å². The van der Waals surface area contributed by atoms with Gasteiger partial charge in [-0.3, -0.25) is 4.79 Å². The van der Waals surface area contributed by atoms with Gasteiger partial charge in [0, 0.05) is 11.4 Å². The van der Waals surface area contributed by atoms with Crippen LogP contribution in [0.2, 0.25) is 0 Å². The highest BCUT2D eigenvalue weighted by molar-refractivity contribution is 6.05. The van der Waals surface area contributed by atoms with Crippen LogP contribution in [0.4, 0.5) is 11.4 Å². The van der Waals surface area contributed by atoms with Crippen LogP contribution in [-0.2, 0) is 0 Å². The Morgan fingerprint density at radius 1 is 1.38 bits per heavy atom. The van der Waals surface area contributed by atoms with Crippen LogP contribution in [-0.4, -0.2) is 5.91 Å². The van der Waals surface area contributed by atoms with Crippen molar-refractivity contribution in [1.29, 1.82) is 0 Å². The molecule has 0 radical (unpaired) electrons. The van der Waals surface area contributed by atoms with Crippen LogP contribution < -0.4 is 11.1 Å². The zero-order valence-electron chi connectivity index (χ0n) is 8.86. The lowest BCUT2D eigenvalue weighted by Gasteiger charge is -2.04. The highest BCUT2D eigenvalue weighted by Gasteiger charge is 2.11. The van der Waals surface area contributed by atoms with Crippen molar-refractivity contribution in [2.24, 2.45) is 0 Å². The number of aryl methyl sites for hydroxylation is 1. The van der Waals surface area contributed by atoms with Crippen LogP contribution in [0.3, 0.4) is 0 Å². The first-order valence-corrected chi connectivity index (χ1v) is 4.88. The van der Waals surface area contributed by atoms with Crippen molar-refractivity contribution in [2.45, 2.75) is 6.92 Å². The molecular formula is C12H12N2O2. The Balaban J connectivity index is 2.17. The minimum Gasteiger partial charge on any atom is -0.469 e. The van der Waals surface area contributed by atoms with Gasteiger partial charge in [-0.15, -0.1) is 0 Å². The summed E-state index contributed by atoms with van der Waals surface area (Å²) in [6.45, 7) is 1.74. The van der Waals surface area contributed by atoms with E-state index in [9.17, 15) is 4.79 Å². The lowest BCUT2D eigenvalue weighted by atomic mass is 10.2. The maximum atomic E-state index is 11.8. The molecule has 1 heterocycles. The second kappa shape index (κ2) is 4.10. The highest BCUT2D eigenvalue weighted by atomic mass is 16.3. The normalized spacial score (nSPS) is 10.1. The highest BCUT2D eigenvalue weighted by Crippen LogP contribution is 2.15. The van der Waals surface area contributed by atoms with Crippen LogP contribution in [0.15, 0.2) is 41.0 Å². The second-order valence-electron chi connectivity index (χ2n) is 3.47. The molecule has 2 aromatic rings. The molecule has 3 N–H and O–H groups in total. The lowest BCUT2D eigenvalue weighted by Crippen LogP contribution is -2.12. The van der Waals surface area contributed by atoms with Crippen molar-refractivity contribution in [3.05, 3.63) is 47.9 Å². The number of benzene rings is 1. The van der Waals surface area contributed by atoms with Gasteiger partial charge in [-0.2, -0.15) is 0 Å². The molecule has 0 aliphatic heterocycles. The monoisotopic (exact) mass is 216 g/mol. The molecule has 0 aliphatic carbocycles. The SMILES string of the molecule is Cc1occc1C(=O)Nc1cccc(N)c1. The van der Waals surface area contributed by atoms with Crippen LogP contribution in [0.1, 0.15) is 16.1 Å². The summed E-state index contributed by atoms with van der Waals surface area (Å²) in [7, 11) is 0. The van der Waals surface area contributed by atoms with Gasteiger partial charge in [0.2, 0.25) is 0 Å². The number of hydrogen-bond donors (Lipinski definition) is 2. The fourth-order valence-corrected chi connectivity index (χ4v) is 1.44.